The molecule has 0 saturated heterocycles. The number of fused-ring (bicyclic) bond motifs is 1. The molecule has 6 rings (SSSR count). The Labute approximate surface area is 230 Å². The van der Waals surface area contributed by atoms with Crippen LogP contribution in [0.2, 0.25) is 0 Å². The molecule has 1 fully saturated rings. The lowest BCUT2D eigenvalue weighted by atomic mass is 9.98. The first kappa shape index (κ1) is 25.3. The number of furan rings is 1. The maximum absolute atomic E-state index is 13.7. The first-order valence-electron chi connectivity index (χ1n) is 13.0. The summed E-state index contributed by atoms with van der Waals surface area (Å²) in [5.74, 6) is 0.693. The fraction of sp³-hybridized carbons (Fsp3) is 0.156. The number of aromatic nitrogens is 1. The zero-order valence-corrected chi connectivity index (χ0v) is 22.0. The Balaban J connectivity index is 1.46. The molecule has 2 aromatic heterocycles. The number of pyridine rings is 1. The molecule has 0 spiro atoms. The van der Waals surface area contributed by atoms with E-state index in [2.05, 4.69) is 10.3 Å². The number of nitrogens with one attached hydrogen (secondary N) is 1. The number of carbonyl (C=O) groups is 2. The molecule has 0 unspecified atom stereocenters. The summed E-state index contributed by atoms with van der Waals surface area (Å²) >= 11 is 0. The van der Waals surface area contributed by atoms with Crippen molar-refractivity contribution in [1.29, 1.82) is 0 Å². The van der Waals surface area contributed by atoms with Gasteiger partial charge in [0.1, 0.15) is 28.7 Å². The summed E-state index contributed by atoms with van der Waals surface area (Å²) in [5.41, 5.74) is 3.36. The highest BCUT2D eigenvalue weighted by Crippen LogP contribution is 2.39. The van der Waals surface area contributed by atoms with Crippen LogP contribution < -0.4 is 15.0 Å². The predicted molar refractivity (Wildman–Crippen MR) is 151 cm³/mol. The summed E-state index contributed by atoms with van der Waals surface area (Å²) in [6.07, 6.45) is 3.55. The number of methoxy groups -OCH3 is 1. The van der Waals surface area contributed by atoms with Gasteiger partial charge in [0.25, 0.3) is 11.8 Å². The molecule has 7 nitrogen and oxygen atoms in total. The van der Waals surface area contributed by atoms with Gasteiger partial charge >= 0.3 is 0 Å². The second-order valence-corrected chi connectivity index (χ2v) is 9.61. The first-order valence-corrected chi connectivity index (χ1v) is 13.0. The summed E-state index contributed by atoms with van der Waals surface area (Å²) in [6.45, 7) is 0. The molecule has 2 heterocycles. The number of rotatable bonds is 7. The number of carbonyl (C=O) groups excluding carboxylic acids is 2. The van der Waals surface area contributed by atoms with Crippen LogP contribution in [0, 0.1) is 5.82 Å². The van der Waals surface area contributed by atoms with E-state index in [0.29, 0.717) is 50.6 Å². The Morgan fingerprint density at radius 1 is 1.00 bits per heavy atom. The molecule has 0 aliphatic heterocycles. The van der Waals surface area contributed by atoms with Gasteiger partial charge in [-0.25, -0.2) is 9.37 Å². The third kappa shape index (κ3) is 4.58. The third-order valence-electron chi connectivity index (χ3n) is 7.03. The SMILES string of the molecule is CNC(=O)c1c(-c2ccc(F)cc2)oc2ccc(-c3cc(C(=O)N(c4ccccn4)C4CC4)ccc3OC)cc12. The van der Waals surface area contributed by atoms with E-state index in [1.54, 1.807) is 61.7 Å². The van der Waals surface area contributed by atoms with Crippen molar-refractivity contribution >= 4 is 28.6 Å². The minimum absolute atomic E-state index is 0.121. The fourth-order valence-electron chi connectivity index (χ4n) is 4.91. The lowest BCUT2D eigenvalue weighted by Gasteiger charge is -2.22. The Morgan fingerprint density at radius 2 is 1.77 bits per heavy atom. The normalized spacial score (nSPS) is 12.8. The number of benzene rings is 3. The second-order valence-electron chi connectivity index (χ2n) is 9.61. The van der Waals surface area contributed by atoms with Crippen LogP contribution in [-0.4, -0.2) is 37.0 Å². The molecule has 200 valence electrons. The van der Waals surface area contributed by atoms with Gasteiger partial charge in [0.2, 0.25) is 0 Å². The molecule has 1 N–H and O–H groups in total. The van der Waals surface area contributed by atoms with Crippen molar-refractivity contribution in [3.63, 3.8) is 0 Å². The van der Waals surface area contributed by atoms with E-state index in [0.717, 1.165) is 18.4 Å². The average molecular weight is 536 g/mol. The summed E-state index contributed by atoms with van der Waals surface area (Å²) in [4.78, 5) is 32.9. The van der Waals surface area contributed by atoms with Crippen molar-refractivity contribution in [2.75, 3.05) is 19.1 Å². The van der Waals surface area contributed by atoms with Crippen LogP contribution in [0.15, 0.2) is 89.5 Å². The van der Waals surface area contributed by atoms with E-state index in [1.807, 2.05) is 30.3 Å². The lowest BCUT2D eigenvalue weighted by molar-refractivity contribution is 0.0962. The number of anilines is 1. The molecule has 1 aliphatic carbocycles. The number of amides is 2. The Bertz CT molecular complexity index is 1730. The summed E-state index contributed by atoms with van der Waals surface area (Å²) in [6, 6.07) is 22.3. The van der Waals surface area contributed by atoms with Gasteiger partial charge in [-0.15, -0.1) is 0 Å². The fourth-order valence-corrected chi connectivity index (χ4v) is 4.91. The van der Waals surface area contributed by atoms with E-state index in [9.17, 15) is 14.0 Å². The zero-order chi connectivity index (χ0) is 27.8. The number of ether oxygens (including phenoxy) is 1. The monoisotopic (exact) mass is 535 g/mol. The molecule has 0 bridgehead atoms. The van der Waals surface area contributed by atoms with Crippen LogP contribution in [-0.2, 0) is 0 Å². The molecule has 2 amide bonds. The lowest BCUT2D eigenvalue weighted by Crippen LogP contribution is -2.33. The number of nitrogens with zero attached hydrogens (tertiary/aromatic N) is 2. The zero-order valence-electron chi connectivity index (χ0n) is 22.0. The van der Waals surface area contributed by atoms with E-state index in [-0.39, 0.29) is 23.7 Å². The molecule has 1 saturated carbocycles. The van der Waals surface area contributed by atoms with E-state index in [4.69, 9.17) is 9.15 Å². The molecule has 5 aromatic rings. The predicted octanol–water partition coefficient (Wildman–Crippen LogP) is 6.48. The van der Waals surface area contributed by atoms with Gasteiger partial charge in [-0.3, -0.25) is 14.5 Å². The van der Waals surface area contributed by atoms with Crippen molar-refractivity contribution in [3.8, 4) is 28.2 Å². The highest BCUT2D eigenvalue weighted by Gasteiger charge is 2.35. The van der Waals surface area contributed by atoms with Crippen LogP contribution in [0.25, 0.3) is 33.4 Å². The molecule has 0 radical (unpaired) electrons. The van der Waals surface area contributed by atoms with Gasteiger partial charge < -0.3 is 14.5 Å². The van der Waals surface area contributed by atoms with Crippen molar-refractivity contribution < 1.29 is 23.1 Å². The number of hydrogen-bond donors (Lipinski definition) is 1. The molecule has 40 heavy (non-hydrogen) atoms. The highest BCUT2D eigenvalue weighted by molar-refractivity contribution is 6.12. The Hall–Kier alpha value is -4.98. The van der Waals surface area contributed by atoms with Crippen LogP contribution in [0.1, 0.15) is 33.6 Å². The van der Waals surface area contributed by atoms with Crippen LogP contribution in [0.3, 0.4) is 0 Å². The maximum Gasteiger partial charge on any atom is 0.259 e. The summed E-state index contributed by atoms with van der Waals surface area (Å²) in [5, 5.41) is 3.26. The smallest absolute Gasteiger partial charge is 0.259 e. The van der Waals surface area contributed by atoms with Gasteiger partial charge in [0, 0.05) is 41.4 Å². The summed E-state index contributed by atoms with van der Waals surface area (Å²) < 4.78 is 25.3. The molecule has 0 atom stereocenters. The Kier molecular flexibility index (Phi) is 6.51. The van der Waals surface area contributed by atoms with Gasteiger partial charge in [-0.05, 0) is 85.1 Å². The maximum atomic E-state index is 13.7. The van der Waals surface area contributed by atoms with Gasteiger partial charge in [0.15, 0.2) is 0 Å². The second kappa shape index (κ2) is 10.3. The van der Waals surface area contributed by atoms with Gasteiger partial charge in [-0.1, -0.05) is 12.1 Å². The number of halogens is 1. The largest absolute Gasteiger partial charge is 0.496 e. The van der Waals surface area contributed by atoms with E-state index in [1.165, 1.54) is 12.1 Å². The first-order chi connectivity index (χ1) is 19.5. The standard InChI is InChI=1S/C32H26FN3O4/c1-34-31(37)29-25-17-20(8-15-27(25)40-30(29)19-6-10-22(33)11-7-19)24-18-21(9-14-26(24)39-2)32(38)36(23-12-13-23)28-5-3-4-16-35-28/h3-11,14-18,23H,12-13H2,1-2H3,(H,34,37). The van der Waals surface area contributed by atoms with E-state index >= 15 is 0 Å². The van der Waals surface area contributed by atoms with Gasteiger partial charge in [0.05, 0.1) is 12.7 Å². The number of hydrogen-bond acceptors (Lipinski definition) is 5. The molecule has 1 aliphatic rings. The molecular weight excluding hydrogens is 509 g/mol. The minimum atomic E-state index is -0.381. The summed E-state index contributed by atoms with van der Waals surface area (Å²) in [7, 11) is 3.12. The third-order valence-corrected chi connectivity index (χ3v) is 7.03. The Morgan fingerprint density at radius 3 is 2.45 bits per heavy atom. The molecule has 8 heteroatoms. The average Bonchev–Trinajstić information content (AvgIpc) is 3.75. The van der Waals surface area contributed by atoms with Crippen molar-refractivity contribution in [2.45, 2.75) is 18.9 Å². The quantitative estimate of drug-likeness (QED) is 0.258. The minimum Gasteiger partial charge on any atom is -0.496 e. The van der Waals surface area contributed by atoms with Crippen molar-refractivity contribution in [2.24, 2.45) is 0 Å². The highest BCUT2D eigenvalue weighted by atomic mass is 19.1. The topological polar surface area (TPSA) is 84.7 Å². The van der Waals surface area contributed by atoms with E-state index < -0.39 is 0 Å². The van der Waals surface area contributed by atoms with Gasteiger partial charge in [-0.2, -0.15) is 0 Å². The van der Waals surface area contributed by atoms with Crippen molar-refractivity contribution in [1.82, 2.24) is 10.3 Å². The van der Waals surface area contributed by atoms with Crippen LogP contribution >= 0.6 is 0 Å². The van der Waals surface area contributed by atoms with Crippen LogP contribution in [0.5, 0.6) is 5.75 Å². The molecule has 3 aromatic carbocycles. The van der Waals surface area contributed by atoms with Crippen LogP contribution in [0.4, 0.5) is 10.2 Å². The van der Waals surface area contributed by atoms with Crippen molar-refractivity contribution in [3.05, 3.63) is 102 Å². The molecular formula is C32H26FN3O4.